The number of esters is 1. The second-order valence-corrected chi connectivity index (χ2v) is 5.13. The largest absolute Gasteiger partial charge is 0.481 e. The predicted molar refractivity (Wildman–Crippen MR) is 76.9 cm³/mol. The van der Waals surface area contributed by atoms with Gasteiger partial charge in [-0.15, -0.1) is 0 Å². The van der Waals surface area contributed by atoms with E-state index in [0.717, 1.165) is 6.08 Å². The van der Waals surface area contributed by atoms with Gasteiger partial charge < -0.3 is 25.2 Å². The number of carbonyl (C=O) groups is 3. The molecule has 0 spiro atoms. The summed E-state index contributed by atoms with van der Waals surface area (Å²) >= 11 is 0. The van der Waals surface area contributed by atoms with Crippen LogP contribution in [0.3, 0.4) is 0 Å². The lowest BCUT2D eigenvalue weighted by atomic mass is 9.94. The molecule has 0 heterocycles. The molecule has 1 unspecified atom stereocenters. The van der Waals surface area contributed by atoms with Gasteiger partial charge in [0.25, 0.3) is 0 Å². The van der Waals surface area contributed by atoms with Crippen molar-refractivity contribution in [2.45, 2.75) is 45.8 Å². The lowest BCUT2D eigenvalue weighted by Gasteiger charge is -2.26. The Kier molecular flexibility index (Phi) is 11.9. The molecule has 4 N–H and O–H groups in total. The van der Waals surface area contributed by atoms with Gasteiger partial charge in [-0.25, -0.2) is 4.79 Å². The fourth-order valence-electron chi connectivity index (χ4n) is 0.948. The average molecular weight is 320 g/mol. The van der Waals surface area contributed by atoms with Gasteiger partial charge >= 0.3 is 17.9 Å². The minimum absolute atomic E-state index is 0.0628. The summed E-state index contributed by atoms with van der Waals surface area (Å²) in [5.74, 6) is -2.44. The van der Waals surface area contributed by atoms with Crippen molar-refractivity contribution in [1.82, 2.24) is 0 Å². The van der Waals surface area contributed by atoms with Crippen LogP contribution < -0.4 is 0 Å². The number of rotatable bonds is 9. The Morgan fingerprint density at radius 1 is 1.14 bits per heavy atom. The van der Waals surface area contributed by atoms with Crippen LogP contribution in [0, 0.1) is 5.41 Å². The Balaban J connectivity index is 0. The Morgan fingerprint density at radius 2 is 1.55 bits per heavy atom. The van der Waals surface area contributed by atoms with Crippen LogP contribution in [0.25, 0.3) is 0 Å². The van der Waals surface area contributed by atoms with Gasteiger partial charge in [0.05, 0.1) is 12.0 Å². The summed E-state index contributed by atoms with van der Waals surface area (Å²) in [7, 11) is 0. The number of carboxylic acid groups (broad SMARTS) is 2. The maximum absolute atomic E-state index is 10.6. The molecule has 0 radical (unpaired) electrons. The summed E-state index contributed by atoms with van der Waals surface area (Å²) in [4.78, 5) is 30.4. The maximum atomic E-state index is 10.6. The topological polar surface area (TPSA) is 141 Å². The normalized spacial score (nSPS) is 11.6. The number of aliphatic hydroxyl groups is 2. The number of carboxylic acids is 2. The van der Waals surface area contributed by atoms with Gasteiger partial charge in [0.2, 0.25) is 6.29 Å². The standard InChI is InChI=1S/C8H14O4.C6H10O4/c1-4-6(10)12-7(11)8(2,3)5-9;7-5(8)3-1-2-4-6(9)10/h4,7,9,11H,1,5H2,2-3H3;1-4H2,(H,7,8)(H,9,10). The van der Waals surface area contributed by atoms with Crippen LogP contribution in [0.15, 0.2) is 12.7 Å². The summed E-state index contributed by atoms with van der Waals surface area (Å²) < 4.78 is 4.49. The minimum atomic E-state index is -1.31. The molecule has 0 rings (SSSR count). The van der Waals surface area contributed by atoms with Crippen molar-refractivity contribution in [1.29, 1.82) is 0 Å². The lowest BCUT2D eigenvalue weighted by molar-refractivity contribution is -0.188. The molecule has 8 nitrogen and oxygen atoms in total. The molecule has 0 amide bonds. The molecule has 0 fully saturated rings. The number of ether oxygens (including phenoxy) is 1. The second kappa shape index (κ2) is 11.7. The van der Waals surface area contributed by atoms with E-state index in [1.54, 1.807) is 13.8 Å². The first-order valence-electron chi connectivity index (χ1n) is 6.62. The molecule has 0 saturated carbocycles. The smallest absolute Gasteiger partial charge is 0.332 e. The third kappa shape index (κ3) is 13.1. The molecule has 0 aromatic heterocycles. The fraction of sp³-hybridized carbons (Fsp3) is 0.643. The second-order valence-electron chi connectivity index (χ2n) is 5.13. The first-order chi connectivity index (χ1) is 10.1. The zero-order chi connectivity index (χ0) is 17.8. The zero-order valence-electron chi connectivity index (χ0n) is 12.8. The minimum Gasteiger partial charge on any atom is -0.481 e. The number of carbonyl (C=O) groups excluding carboxylic acids is 1. The van der Waals surface area contributed by atoms with E-state index in [1.165, 1.54) is 0 Å². The summed E-state index contributed by atoms with van der Waals surface area (Å²) in [5.41, 5.74) is -0.849. The SMILES string of the molecule is C=CC(=O)OC(O)C(C)(C)CO.O=C(O)CCCCC(=O)O. The van der Waals surface area contributed by atoms with Gasteiger partial charge in [0, 0.05) is 18.9 Å². The third-order valence-electron chi connectivity index (χ3n) is 2.50. The van der Waals surface area contributed by atoms with Crippen LogP contribution in [0.4, 0.5) is 0 Å². The Morgan fingerprint density at radius 3 is 1.82 bits per heavy atom. The molecule has 0 aromatic carbocycles. The van der Waals surface area contributed by atoms with Crippen LogP contribution in [0.5, 0.6) is 0 Å². The van der Waals surface area contributed by atoms with Crippen molar-refractivity contribution in [3.8, 4) is 0 Å². The molecule has 0 aromatic rings. The lowest BCUT2D eigenvalue weighted by Crippen LogP contribution is -2.36. The van der Waals surface area contributed by atoms with E-state index in [-0.39, 0.29) is 19.4 Å². The van der Waals surface area contributed by atoms with Crippen LogP contribution in [-0.2, 0) is 19.1 Å². The molecule has 0 saturated heterocycles. The number of aliphatic carboxylic acids is 2. The summed E-state index contributed by atoms with van der Waals surface area (Å²) in [6, 6.07) is 0. The van der Waals surface area contributed by atoms with Gasteiger partial charge in [-0.2, -0.15) is 0 Å². The summed E-state index contributed by atoms with van der Waals surface area (Å²) in [5, 5.41) is 34.3. The predicted octanol–water partition coefficient (Wildman–Crippen LogP) is 0.768. The fourth-order valence-corrected chi connectivity index (χ4v) is 0.948. The number of aliphatic hydroxyl groups excluding tert-OH is 2. The van der Waals surface area contributed by atoms with Crippen molar-refractivity contribution in [3.05, 3.63) is 12.7 Å². The van der Waals surface area contributed by atoms with E-state index >= 15 is 0 Å². The van der Waals surface area contributed by atoms with E-state index in [0.29, 0.717) is 12.8 Å². The first kappa shape index (κ1) is 22.4. The molecular weight excluding hydrogens is 296 g/mol. The van der Waals surface area contributed by atoms with Crippen LogP contribution in [0.2, 0.25) is 0 Å². The molecule has 0 aliphatic carbocycles. The molecule has 1 atom stereocenters. The monoisotopic (exact) mass is 320 g/mol. The highest BCUT2D eigenvalue weighted by atomic mass is 16.6. The van der Waals surface area contributed by atoms with E-state index in [4.69, 9.17) is 15.3 Å². The van der Waals surface area contributed by atoms with Crippen molar-refractivity contribution in [3.63, 3.8) is 0 Å². The highest BCUT2D eigenvalue weighted by molar-refractivity contribution is 5.81. The maximum Gasteiger partial charge on any atom is 0.332 e. The van der Waals surface area contributed by atoms with Crippen LogP contribution in [0.1, 0.15) is 39.5 Å². The van der Waals surface area contributed by atoms with Gasteiger partial charge in [-0.1, -0.05) is 20.4 Å². The quantitative estimate of drug-likeness (QED) is 0.211. The molecule has 0 aliphatic rings. The molecule has 8 heteroatoms. The van der Waals surface area contributed by atoms with E-state index in [1.807, 2.05) is 0 Å². The van der Waals surface area contributed by atoms with Crippen LogP contribution in [-0.4, -0.2) is 51.2 Å². The first-order valence-corrected chi connectivity index (χ1v) is 6.62. The number of hydrogen-bond acceptors (Lipinski definition) is 6. The van der Waals surface area contributed by atoms with Gasteiger partial charge in [0.1, 0.15) is 0 Å². The average Bonchev–Trinajstić information content (AvgIpc) is 2.43. The Labute approximate surface area is 129 Å². The third-order valence-corrected chi connectivity index (χ3v) is 2.50. The van der Waals surface area contributed by atoms with Crippen molar-refractivity contribution < 1.29 is 39.5 Å². The summed E-state index contributed by atoms with van der Waals surface area (Å²) in [6.07, 6.45) is 0.661. The zero-order valence-corrected chi connectivity index (χ0v) is 12.8. The van der Waals surface area contributed by atoms with E-state index in [9.17, 15) is 19.5 Å². The van der Waals surface area contributed by atoms with Crippen molar-refractivity contribution in [2.24, 2.45) is 5.41 Å². The highest BCUT2D eigenvalue weighted by Crippen LogP contribution is 2.20. The highest BCUT2D eigenvalue weighted by Gasteiger charge is 2.29. The molecule has 128 valence electrons. The summed E-state index contributed by atoms with van der Waals surface area (Å²) in [6.45, 7) is 6.06. The Bertz CT molecular complexity index is 359. The van der Waals surface area contributed by atoms with E-state index in [2.05, 4.69) is 11.3 Å². The molecule has 0 bridgehead atoms. The van der Waals surface area contributed by atoms with Gasteiger partial charge in [-0.3, -0.25) is 9.59 Å². The van der Waals surface area contributed by atoms with Gasteiger partial charge in [0.15, 0.2) is 0 Å². The van der Waals surface area contributed by atoms with E-state index < -0.39 is 29.6 Å². The Hall–Kier alpha value is -1.93. The van der Waals surface area contributed by atoms with Gasteiger partial charge in [-0.05, 0) is 12.8 Å². The van der Waals surface area contributed by atoms with Crippen molar-refractivity contribution in [2.75, 3.05) is 6.61 Å². The molecule has 22 heavy (non-hydrogen) atoms. The van der Waals surface area contributed by atoms with Crippen molar-refractivity contribution >= 4 is 17.9 Å². The number of hydrogen-bond donors (Lipinski definition) is 4. The molecular formula is C14H24O8. The van der Waals surface area contributed by atoms with Crippen LogP contribution >= 0.6 is 0 Å². The molecule has 0 aliphatic heterocycles. The number of unbranched alkanes of at least 4 members (excludes halogenated alkanes) is 1.